The summed E-state index contributed by atoms with van der Waals surface area (Å²) in [7, 11) is 0. The fourth-order valence-electron chi connectivity index (χ4n) is 3.50. The average Bonchev–Trinajstić information content (AvgIpc) is 2.45. The number of rotatable bonds is 9. The van der Waals surface area contributed by atoms with Crippen LogP contribution in [0.4, 0.5) is 0 Å². The summed E-state index contributed by atoms with van der Waals surface area (Å²) in [4.78, 5) is 0. The van der Waals surface area contributed by atoms with E-state index in [1.807, 2.05) is 0 Å². The van der Waals surface area contributed by atoms with Crippen molar-refractivity contribution in [3.63, 3.8) is 0 Å². The van der Waals surface area contributed by atoms with Gasteiger partial charge in [0.25, 0.3) is 0 Å². The number of unbranched alkanes of at least 4 members (excludes halogenated alkanes) is 1. The maximum Gasteiger partial charge on any atom is 0.0132 e. The van der Waals surface area contributed by atoms with Crippen molar-refractivity contribution in [2.45, 2.75) is 84.6 Å². The van der Waals surface area contributed by atoms with E-state index in [1.54, 1.807) is 0 Å². The lowest BCUT2D eigenvalue weighted by atomic mass is 9.75. The third-order valence-electron chi connectivity index (χ3n) is 4.90. The lowest BCUT2D eigenvalue weighted by Crippen LogP contribution is -2.38. The van der Waals surface area contributed by atoms with Crippen molar-refractivity contribution < 1.29 is 0 Å². The van der Waals surface area contributed by atoms with E-state index in [2.05, 4.69) is 32.7 Å². The molecular formula is C18H35N. The molecule has 1 saturated carbocycles. The quantitative estimate of drug-likeness (QED) is 0.556. The molecule has 0 aromatic heterocycles. The summed E-state index contributed by atoms with van der Waals surface area (Å²) in [5.74, 6) is 1.91. The minimum atomic E-state index is 0.685. The third kappa shape index (κ3) is 6.12. The van der Waals surface area contributed by atoms with E-state index in [0.29, 0.717) is 6.04 Å². The van der Waals surface area contributed by atoms with E-state index in [9.17, 15) is 0 Å². The molecule has 1 rings (SSSR count). The van der Waals surface area contributed by atoms with Gasteiger partial charge in [-0.2, -0.15) is 0 Å². The highest BCUT2D eigenvalue weighted by Crippen LogP contribution is 2.35. The lowest BCUT2D eigenvalue weighted by molar-refractivity contribution is 0.212. The SMILES string of the molecule is C=C(CC)CC(NCC)C1CCC(CCCC)CC1. The van der Waals surface area contributed by atoms with Gasteiger partial charge in [-0.25, -0.2) is 0 Å². The summed E-state index contributed by atoms with van der Waals surface area (Å²) in [6.45, 7) is 12.1. The van der Waals surface area contributed by atoms with Crippen molar-refractivity contribution in [3.05, 3.63) is 12.2 Å². The molecule has 0 aromatic rings. The minimum absolute atomic E-state index is 0.685. The first kappa shape index (κ1) is 16.8. The molecule has 1 N–H and O–H groups in total. The first-order chi connectivity index (χ1) is 9.21. The molecule has 1 unspecified atom stereocenters. The second-order valence-corrected chi connectivity index (χ2v) is 6.39. The molecule has 1 fully saturated rings. The number of hydrogen-bond donors (Lipinski definition) is 1. The number of nitrogens with one attached hydrogen (secondary N) is 1. The van der Waals surface area contributed by atoms with Gasteiger partial charge in [0.1, 0.15) is 0 Å². The standard InChI is InChI=1S/C18H35N/c1-5-8-9-16-10-12-17(13-11-16)18(19-7-3)14-15(4)6-2/h16-19H,4-14H2,1-3H3. The molecule has 0 radical (unpaired) electrons. The topological polar surface area (TPSA) is 12.0 Å². The van der Waals surface area contributed by atoms with E-state index in [0.717, 1.165) is 24.8 Å². The van der Waals surface area contributed by atoms with Gasteiger partial charge in [0.15, 0.2) is 0 Å². The van der Waals surface area contributed by atoms with Crippen molar-refractivity contribution in [2.75, 3.05) is 6.54 Å². The Hall–Kier alpha value is -0.300. The zero-order chi connectivity index (χ0) is 14.1. The maximum absolute atomic E-state index is 4.21. The van der Waals surface area contributed by atoms with E-state index >= 15 is 0 Å². The van der Waals surface area contributed by atoms with Gasteiger partial charge in [0, 0.05) is 6.04 Å². The normalized spacial score (nSPS) is 25.2. The Morgan fingerprint density at radius 2 is 1.84 bits per heavy atom. The molecule has 0 saturated heterocycles. The van der Waals surface area contributed by atoms with Crippen LogP contribution in [-0.4, -0.2) is 12.6 Å². The molecule has 1 heteroatoms. The highest BCUT2D eigenvalue weighted by atomic mass is 14.9. The minimum Gasteiger partial charge on any atom is -0.314 e. The summed E-state index contributed by atoms with van der Waals surface area (Å²) >= 11 is 0. The molecule has 1 atom stereocenters. The average molecular weight is 265 g/mol. The van der Waals surface area contributed by atoms with Gasteiger partial charge >= 0.3 is 0 Å². The maximum atomic E-state index is 4.21. The van der Waals surface area contributed by atoms with Gasteiger partial charge in [-0.3, -0.25) is 0 Å². The lowest BCUT2D eigenvalue weighted by Gasteiger charge is -2.35. The second kappa shape index (κ2) is 9.58. The molecule has 0 amide bonds. The van der Waals surface area contributed by atoms with Crippen LogP contribution in [0.25, 0.3) is 0 Å². The van der Waals surface area contributed by atoms with Gasteiger partial charge in [-0.1, -0.05) is 65.0 Å². The van der Waals surface area contributed by atoms with Gasteiger partial charge in [0.05, 0.1) is 0 Å². The second-order valence-electron chi connectivity index (χ2n) is 6.39. The zero-order valence-corrected chi connectivity index (χ0v) is 13.5. The summed E-state index contributed by atoms with van der Waals surface area (Å²) in [6.07, 6.45) is 12.4. The highest BCUT2D eigenvalue weighted by Gasteiger charge is 2.26. The molecule has 1 aliphatic rings. The van der Waals surface area contributed by atoms with E-state index in [1.165, 1.54) is 56.9 Å². The van der Waals surface area contributed by atoms with Crippen molar-refractivity contribution in [2.24, 2.45) is 11.8 Å². The molecule has 0 aliphatic heterocycles. The Kier molecular flexibility index (Phi) is 8.45. The van der Waals surface area contributed by atoms with E-state index < -0.39 is 0 Å². The zero-order valence-electron chi connectivity index (χ0n) is 13.5. The fraction of sp³-hybridized carbons (Fsp3) is 0.889. The van der Waals surface area contributed by atoms with Crippen LogP contribution in [0.5, 0.6) is 0 Å². The Bertz CT molecular complexity index is 238. The van der Waals surface area contributed by atoms with Crippen LogP contribution in [0.15, 0.2) is 12.2 Å². The van der Waals surface area contributed by atoms with Crippen molar-refractivity contribution in [1.82, 2.24) is 5.32 Å². The fourth-order valence-corrected chi connectivity index (χ4v) is 3.50. The molecular weight excluding hydrogens is 230 g/mol. The van der Waals surface area contributed by atoms with Crippen molar-refractivity contribution in [1.29, 1.82) is 0 Å². The predicted octanol–water partition coefficient (Wildman–Crippen LogP) is 5.32. The van der Waals surface area contributed by atoms with Crippen molar-refractivity contribution >= 4 is 0 Å². The first-order valence-electron chi connectivity index (χ1n) is 8.61. The summed E-state index contributed by atoms with van der Waals surface area (Å²) in [5.41, 5.74) is 1.42. The molecule has 19 heavy (non-hydrogen) atoms. The molecule has 1 aliphatic carbocycles. The Labute approximate surface area is 121 Å². The molecule has 0 bridgehead atoms. The predicted molar refractivity (Wildman–Crippen MR) is 86.5 cm³/mol. The van der Waals surface area contributed by atoms with Crippen molar-refractivity contribution in [3.8, 4) is 0 Å². The van der Waals surface area contributed by atoms with Crippen LogP contribution in [0, 0.1) is 11.8 Å². The van der Waals surface area contributed by atoms with Gasteiger partial charge < -0.3 is 5.32 Å². The first-order valence-corrected chi connectivity index (χ1v) is 8.61. The van der Waals surface area contributed by atoms with Crippen LogP contribution in [0.3, 0.4) is 0 Å². The molecule has 0 heterocycles. The van der Waals surface area contributed by atoms with Crippen LogP contribution in [-0.2, 0) is 0 Å². The largest absolute Gasteiger partial charge is 0.314 e. The molecule has 0 spiro atoms. The van der Waals surface area contributed by atoms with Gasteiger partial charge in [-0.15, -0.1) is 0 Å². The van der Waals surface area contributed by atoms with Gasteiger partial charge in [-0.05, 0) is 44.1 Å². The molecule has 0 aromatic carbocycles. The Morgan fingerprint density at radius 3 is 2.37 bits per heavy atom. The Balaban J connectivity index is 2.38. The highest BCUT2D eigenvalue weighted by molar-refractivity contribution is 4.98. The monoisotopic (exact) mass is 265 g/mol. The van der Waals surface area contributed by atoms with Crippen LogP contribution >= 0.6 is 0 Å². The molecule has 112 valence electrons. The molecule has 1 nitrogen and oxygen atoms in total. The van der Waals surface area contributed by atoms with Gasteiger partial charge in [0.2, 0.25) is 0 Å². The van der Waals surface area contributed by atoms with Crippen LogP contribution in [0.1, 0.15) is 78.6 Å². The van der Waals surface area contributed by atoms with Crippen LogP contribution < -0.4 is 5.32 Å². The number of hydrogen-bond acceptors (Lipinski definition) is 1. The summed E-state index contributed by atoms with van der Waals surface area (Å²) in [5, 5.41) is 3.71. The summed E-state index contributed by atoms with van der Waals surface area (Å²) < 4.78 is 0. The van der Waals surface area contributed by atoms with E-state index in [-0.39, 0.29) is 0 Å². The van der Waals surface area contributed by atoms with Crippen LogP contribution in [0.2, 0.25) is 0 Å². The Morgan fingerprint density at radius 1 is 1.16 bits per heavy atom. The summed E-state index contributed by atoms with van der Waals surface area (Å²) in [6, 6.07) is 0.685. The third-order valence-corrected chi connectivity index (χ3v) is 4.90. The smallest absolute Gasteiger partial charge is 0.0132 e. The van der Waals surface area contributed by atoms with E-state index in [4.69, 9.17) is 0 Å².